The van der Waals surface area contributed by atoms with E-state index in [0.29, 0.717) is 6.61 Å². The summed E-state index contributed by atoms with van der Waals surface area (Å²) >= 11 is 0. The molecule has 2 aromatic rings. The van der Waals surface area contributed by atoms with Crippen LogP contribution in [0.1, 0.15) is 26.3 Å². The SMILES string of the molecule is CCc1ccc(OCCNc2cccc(OC(C)C)c2)cc1. The number of aryl methyl sites for hydroxylation is 1. The summed E-state index contributed by atoms with van der Waals surface area (Å²) in [5.74, 6) is 1.80. The molecule has 0 fully saturated rings. The number of rotatable bonds is 8. The lowest BCUT2D eigenvalue weighted by Crippen LogP contribution is -2.12. The molecule has 0 saturated carbocycles. The topological polar surface area (TPSA) is 30.5 Å². The van der Waals surface area contributed by atoms with E-state index in [0.717, 1.165) is 30.2 Å². The monoisotopic (exact) mass is 299 g/mol. The van der Waals surface area contributed by atoms with Crippen LogP contribution in [0.15, 0.2) is 48.5 Å². The van der Waals surface area contributed by atoms with E-state index in [1.165, 1.54) is 5.56 Å². The van der Waals surface area contributed by atoms with Crippen molar-refractivity contribution in [3.05, 3.63) is 54.1 Å². The van der Waals surface area contributed by atoms with Crippen molar-refractivity contribution in [2.24, 2.45) is 0 Å². The molecule has 0 radical (unpaired) electrons. The Morgan fingerprint density at radius 1 is 1.00 bits per heavy atom. The first kappa shape index (κ1) is 16.2. The Morgan fingerprint density at radius 2 is 1.77 bits per heavy atom. The molecule has 3 nitrogen and oxygen atoms in total. The van der Waals surface area contributed by atoms with Gasteiger partial charge < -0.3 is 14.8 Å². The lowest BCUT2D eigenvalue weighted by Gasteiger charge is -2.12. The van der Waals surface area contributed by atoms with Crippen LogP contribution < -0.4 is 14.8 Å². The van der Waals surface area contributed by atoms with E-state index in [2.05, 4.69) is 24.4 Å². The van der Waals surface area contributed by atoms with Gasteiger partial charge in [0, 0.05) is 18.3 Å². The Balaban J connectivity index is 1.76. The fourth-order valence-corrected chi connectivity index (χ4v) is 2.14. The van der Waals surface area contributed by atoms with Crippen LogP contribution in [0.3, 0.4) is 0 Å². The van der Waals surface area contributed by atoms with E-state index in [-0.39, 0.29) is 6.10 Å². The third-order valence-corrected chi connectivity index (χ3v) is 3.24. The molecule has 2 rings (SSSR count). The minimum atomic E-state index is 0.185. The molecule has 0 aromatic heterocycles. The van der Waals surface area contributed by atoms with Crippen LogP contribution in [0.2, 0.25) is 0 Å². The minimum absolute atomic E-state index is 0.185. The molecule has 0 spiro atoms. The summed E-state index contributed by atoms with van der Waals surface area (Å²) in [4.78, 5) is 0. The lowest BCUT2D eigenvalue weighted by molar-refractivity contribution is 0.242. The van der Waals surface area contributed by atoms with Gasteiger partial charge in [0.1, 0.15) is 18.1 Å². The molecule has 0 amide bonds. The quantitative estimate of drug-likeness (QED) is 0.727. The van der Waals surface area contributed by atoms with Gasteiger partial charge in [0.05, 0.1) is 6.10 Å². The van der Waals surface area contributed by atoms with Crippen molar-refractivity contribution >= 4 is 5.69 Å². The van der Waals surface area contributed by atoms with Crippen molar-refractivity contribution in [1.82, 2.24) is 0 Å². The van der Waals surface area contributed by atoms with Crippen molar-refractivity contribution in [3.63, 3.8) is 0 Å². The largest absolute Gasteiger partial charge is 0.492 e. The standard InChI is InChI=1S/C19H25NO2/c1-4-16-8-10-18(11-9-16)21-13-12-20-17-6-5-7-19(14-17)22-15(2)3/h5-11,14-15,20H,4,12-13H2,1-3H3. The number of ether oxygens (including phenoxy) is 2. The van der Waals surface area contributed by atoms with E-state index in [4.69, 9.17) is 9.47 Å². The molecule has 0 unspecified atom stereocenters. The molecule has 0 aliphatic carbocycles. The second kappa shape index (κ2) is 8.32. The highest BCUT2D eigenvalue weighted by Crippen LogP contribution is 2.18. The van der Waals surface area contributed by atoms with Crippen LogP contribution in [0.25, 0.3) is 0 Å². The van der Waals surface area contributed by atoms with Crippen LogP contribution in [0.5, 0.6) is 11.5 Å². The van der Waals surface area contributed by atoms with Crippen molar-refractivity contribution < 1.29 is 9.47 Å². The molecule has 2 aromatic carbocycles. The number of nitrogens with one attached hydrogen (secondary N) is 1. The first-order valence-electron chi connectivity index (χ1n) is 7.89. The zero-order valence-electron chi connectivity index (χ0n) is 13.6. The zero-order valence-corrected chi connectivity index (χ0v) is 13.6. The first-order chi connectivity index (χ1) is 10.7. The Labute approximate surface area is 133 Å². The number of hydrogen-bond acceptors (Lipinski definition) is 3. The Bertz CT molecular complexity index is 564. The molecular weight excluding hydrogens is 274 g/mol. The highest BCUT2D eigenvalue weighted by molar-refractivity contribution is 5.48. The van der Waals surface area contributed by atoms with Crippen molar-refractivity contribution in [3.8, 4) is 11.5 Å². The molecule has 118 valence electrons. The van der Waals surface area contributed by atoms with Crippen LogP contribution in [0.4, 0.5) is 5.69 Å². The van der Waals surface area contributed by atoms with Crippen molar-refractivity contribution in [2.75, 3.05) is 18.5 Å². The van der Waals surface area contributed by atoms with E-state index in [9.17, 15) is 0 Å². The summed E-state index contributed by atoms with van der Waals surface area (Å²) in [6, 6.07) is 16.3. The van der Waals surface area contributed by atoms with Gasteiger partial charge in [0.25, 0.3) is 0 Å². The van der Waals surface area contributed by atoms with E-state index < -0.39 is 0 Å². The Kier molecular flexibility index (Phi) is 6.13. The van der Waals surface area contributed by atoms with E-state index in [1.807, 2.05) is 50.2 Å². The third-order valence-electron chi connectivity index (χ3n) is 3.24. The van der Waals surface area contributed by atoms with Gasteiger partial charge in [0.15, 0.2) is 0 Å². The average Bonchev–Trinajstić information content (AvgIpc) is 2.52. The summed E-state index contributed by atoms with van der Waals surface area (Å²) in [6.07, 6.45) is 1.24. The normalized spacial score (nSPS) is 10.5. The van der Waals surface area contributed by atoms with Crippen molar-refractivity contribution in [2.45, 2.75) is 33.3 Å². The predicted octanol–water partition coefficient (Wildman–Crippen LogP) is 4.53. The minimum Gasteiger partial charge on any atom is -0.492 e. The number of hydrogen-bond donors (Lipinski definition) is 1. The second-order valence-corrected chi connectivity index (χ2v) is 5.47. The van der Waals surface area contributed by atoms with Crippen LogP contribution in [-0.2, 0) is 6.42 Å². The van der Waals surface area contributed by atoms with Gasteiger partial charge in [-0.1, -0.05) is 25.1 Å². The zero-order chi connectivity index (χ0) is 15.8. The third kappa shape index (κ3) is 5.32. The van der Waals surface area contributed by atoms with Gasteiger partial charge >= 0.3 is 0 Å². The van der Waals surface area contributed by atoms with Crippen LogP contribution in [-0.4, -0.2) is 19.3 Å². The number of anilines is 1. The van der Waals surface area contributed by atoms with Gasteiger partial charge in [-0.05, 0) is 50.1 Å². The first-order valence-corrected chi connectivity index (χ1v) is 7.89. The molecule has 0 aliphatic heterocycles. The summed E-state index contributed by atoms with van der Waals surface area (Å²) in [5.41, 5.74) is 2.37. The molecule has 0 atom stereocenters. The maximum Gasteiger partial charge on any atom is 0.121 e. The Morgan fingerprint density at radius 3 is 2.45 bits per heavy atom. The highest BCUT2D eigenvalue weighted by atomic mass is 16.5. The summed E-state index contributed by atoms with van der Waals surface area (Å²) < 4.78 is 11.4. The maximum absolute atomic E-state index is 5.73. The number of benzene rings is 2. The molecule has 22 heavy (non-hydrogen) atoms. The second-order valence-electron chi connectivity index (χ2n) is 5.47. The van der Waals surface area contributed by atoms with Crippen LogP contribution in [0, 0.1) is 0 Å². The smallest absolute Gasteiger partial charge is 0.121 e. The molecule has 0 bridgehead atoms. The lowest BCUT2D eigenvalue weighted by atomic mass is 10.2. The molecule has 1 N–H and O–H groups in total. The summed E-state index contributed by atoms with van der Waals surface area (Å²) in [5, 5.41) is 3.35. The summed E-state index contributed by atoms with van der Waals surface area (Å²) in [7, 11) is 0. The van der Waals surface area contributed by atoms with Crippen LogP contribution >= 0.6 is 0 Å². The van der Waals surface area contributed by atoms with Gasteiger partial charge in [-0.2, -0.15) is 0 Å². The van der Waals surface area contributed by atoms with Crippen molar-refractivity contribution in [1.29, 1.82) is 0 Å². The van der Waals surface area contributed by atoms with E-state index in [1.54, 1.807) is 0 Å². The predicted molar refractivity (Wildman–Crippen MR) is 92.0 cm³/mol. The fourth-order valence-electron chi connectivity index (χ4n) is 2.14. The summed E-state index contributed by atoms with van der Waals surface area (Å²) in [6.45, 7) is 7.58. The maximum atomic E-state index is 5.73. The highest BCUT2D eigenvalue weighted by Gasteiger charge is 1.99. The van der Waals surface area contributed by atoms with E-state index >= 15 is 0 Å². The molecule has 3 heteroatoms. The molecule has 0 heterocycles. The molecule has 0 aliphatic rings. The van der Waals surface area contributed by atoms with Gasteiger partial charge in [-0.3, -0.25) is 0 Å². The Hall–Kier alpha value is -2.16. The van der Waals surface area contributed by atoms with Gasteiger partial charge in [-0.25, -0.2) is 0 Å². The molecular formula is C19H25NO2. The molecule has 0 saturated heterocycles. The van der Waals surface area contributed by atoms with Gasteiger partial charge in [0.2, 0.25) is 0 Å². The fraction of sp³-hybridized carbons (Fsp3) is 0.368. The van der Waals surface area contributed by atoms with Gasteiger partial charge in [-0.15, -0.1) is 0 Å². The average molecular weight is 299 g/mol.